The summed E-state index contributed by atoms with van der Waals surface area (Å²) in [6, 6.07) is 1.44. The summed E-state index contributed by atoms with van der Waals surface area (Å²) in [5.41, 5.74) is -1.72. The van der Waals surface area contributed by atoms with Crippen LogP contribution in [0.2, 0.25) is 0 Å². The van der Waals surface area contributed by atoms with Gasteiger partial charge in [0.05, 0.1) is 18.1 Å². The van der Waals surface area contributed by atoms with Crippen LogP contribution in [0, 0.1) is 0 Å². The zero-order valence-electron chi connectivity index (χ0n) is 9.55. The first-order valence-corrected chi connectivity index (χ1v) is 4.97. The Hall–Kier alpha value is -2.45. The minimum absolute atomic E-state index is 0.300. The van der Waals surface area contributed by atoms with Crippen LogP contribution in [0.5, 0.6) is 0 Å². The van der Waals surface area contributed by atoms with Crippen molar-refractivity contribution in [2.24, 2.45) is 0 Å². The molecule has 100 valence electrons. The number of nitrogens with zero attached hydrogens (tertiary/aromatic N) is 4. The topological polar surface area (TPSA) is 72.1 Å². The standard InChI is InChI=1S/C10H7F3N4O2/c1-17(6-2-3-14-15-4-6)9(18)7-5-19-16-8(7)10(11,12)13/h2-5H,1H3. The average molecular weight is 272 g/mol. The highest BCUT2D eigenvalue weighted by Gasteiger charge is 2.40. The molecule has 0 aliphatic rings. The molecule has 0 spiro atoms. The molecule has 0 N–H and O–H groups in total. The normalized spacial score (nSPS) is 11.4. The fourth-order valence-corrected chi connectivity index (χ4v) is 1.37. The van der Waals surface area contributed by atoms with E-state index in [1.165, 1.54) is 25.5 Å². The maximum absolute atomic E-state index is 12.6. The van der Waals surface area contributed by atoms with Gasteiger partial charge in [0, 0.05) is 7.05 Å². The van der Waals surface area contributed by atoms with Gasteiger partial charge < -0.3 is 9.42 Å². The molecule has 2 rings (SSSR count). The molecule has 0 aliphatic carbocycles. The van der Waals surface area contributed by atoms with Crippen molar-refractivity contribution in [3.63, 3.8) is 0 Å². The highest BCUT2D eigenvalue weighted by Crippen LogP contribution is 2.31. The van der Waals surface area contributed by atoms with Crippen LogP contribution in [0.4, 0.5) is 18.9 Å². The number of amides is 1. The second-order valence-electron chi connectivity index (χ2n) is 3.54. The van der Waals surface area contributed by atoms with Gasteiger partial charge in [-0.3, -0.25) is 4.79 Å². The summed E-state index contributed by atoms with van der Waals surface area (Å²) in [6.07, 6.45) is -1.53. The number of aromatic nitrogens is 3. The van der Waals surface area contributed by atoms with Crippen molar-refractivity contribution in [2.75, 3.05) is 11.9 Å². The third-order valence-corrected chi connectivity index (χ3v) is 2.33. The summed E-state index contributed by atoms with van der Waals surface area (Å²) in [7, 11) is 1.31. The number of alkyl halides is 3. The fraction of sp³-hybridized carbons (Fsp3) is 0.200. The summed E-state index contributed by atoms with van der Waals surface area (Å²) >= 11 is 0. The highest BCUT2D eigenvalue weighted by atomic mass is 19.4. The number of anilines is 1. The molecule has 0 aliphatic heterocycles. The molecule has 0 fully saturated rings. The highest BCUT2D eigenvalue weighted by molar-refractivity contribution is 6.06. The summed E-state index contributed by atoms with van der Waals surface area (Å²) in [5.74, 6) is -0.901. The molecule has 0 atom stereocenters. The van der Waals surface area contributed by atoms with Crippen molar-refractivity contribution in [2.45, 2.75) is 6.18 Å². The molecule has 1 amide bonds. The van der Waals surface area contributed by atoms with Crippen LogP contribution in [0.15, 0.2) is 29.2 Å². The first-order valence-electron chi connectivity index (χ1n) is 4.97. The Kier molecular flexibility index (Phi) is 3.19. The fourth-order valence-electron chi connectivity index (χ4n) is 1.37. The van der Waals surface area contributed by atoms with Crippen LogP contribution >= 0.6 is 0 Å². The van der Waals surface area contributed by atoms with Gasteiger partial charge in [-0.05, 0) is 6.07 Å². The summed E-state index contributed by atoms with van der Waals surface area (Å²) in [6.45, 7) is 0. The first-order chi connectivity index (χ1) is 8.91. The molecular weight excluding hydrogens is 265 g/mol. The van der Waals surface area contributed by atoms with Crippen LogP contribution in [0.3, 0.4) is 0 Å². The molecule has 0 aromatic carbocycles. The van der Waals surface area contributed by atoms with Crippen molar-refractivity contribution in [3.8, 4) is 0 Å². The second kappa shape index (κ2) is 4.67. The molecule has 0 bridgehead atoms. The maximum atomic E-state index is 12.6. The monoisotopic (exact) mass is 272 g/mol. The molecule has 9 heteroatoms. The summed E-state index contributed by atoms with van der Waals surface area (Å²) < 4.78 is 42.0. The Morgan fingerprint density at radius 1 is 1.37 bits per heavy atom. The predicted octanol–water partition coefficient (Wildman–Crippen LogP) is 1.76. The van der Waals surface area contributed by atoms with Gasteiger partial charge in [-0.25, -0.2) is 0 Å². The molecule has 0 radical (unpaired) electrons. The third kappa shape index (κ3) is 2.54. The van der Waals surface area contributed by atoms with Crippen LogP contribution in [-0.4, -0.2) is 28.3 Å². The maximum Gasteiger partial charge on any atom is 0.437 e. The van der Waals surface area contributed by atoms with E-state index in [-0.39, 0.29) is 0 Å². The average Bonchev–Trinajstić information content (AvgIpc) is 2.87. The number of carbonyl (C=O) groups excluding carboxylic acids is 1. The smallest absolute Gasteiger partial charge is 0.363 e. The van der Waals surface area contributed by atoms with Crippen LogP contribution in [0.25, 0.3) is 0 Å². The van der Waals surface area contributed by atoms with Crippen molar-refractivity contribution in [1.29, 1.82) is 0 Å². The molecular formula is C10H7F3N4O2. The lowest BCUT2D eigenvalue weighted by Crippen LogP contribution is -2.28. The van der Waals surface area contributed by atoms with E-state index in [0.717, 1.165) is 4.90 Å². The van der Waals surface area contributed by atoms with E-state index in [4.69, 9.17) is 0 Å². The van der Waals surface area contributed by atoms with Gasteiger partial charge in [0.25, 0.3) is 5.91 Å². The lowest BCUT2D eigenvalue weighted by molar-refractivity contribution is -0.143. The van der Waals surface area contributed by atoms with E-state index in [1.807, 2.05) is 0 Å². The van der Waals surface area contributed by atoms with Gasteiger partial charge in [-0.1, -0.05) is 5.16 Å². The number of hydrogen-bond acceptors (Lipinski definition) is 5. The Balaban J connectivity index is 2.33. The van der Waals surface area contributed by atoms with E-state index in [9.17, 15) is 18.0 Å². The molecule has 0 unspecified atom stereocenters. The Morgan fingerprint density at radius 3 is 2.68 bits per heavy atom. The minimum atomic E-state index is -4.75. The zero-order chi connectivity index (χ0) is 14.0. The number of rotatable bonds is 2. The van der Waals surface area contributed by atoms with E-state index < -0.39 is 23.3 Å². The quantitative estimate of drug-likeness (QED) is 0.832. The van der Waals surface area contributed by atoms with Gasteiger partial charge in [0.15, 0.2) is 5.69 Å². The van der Waals surface area contributed by atoms with E-state index in [1.54, 1.807) is 0 Å². The van der Waals surface area contributed by atoms with Crippen molar-refractivity contribution in [1.82, 2.24) is 15.4 Å². The second-order valence-corrected chi connectivity index (χ2v) is 3.54. The van der Waals surface area contributed by atoms with E-state index in [0.29, 0.717) is 12.0 Å². The molecule has 2 aromatic rings. The van der Waals surface area contributed by atoms with Crippen LogP contribution in [0.1, 0.15) is 16.1 Å². The third-order valence-electron chi connectivity index (χ3n) is 2.33. The molecule has 2 heterocycles. The largest absolute Gasteiger partial charge is 0.437 e. The van der Waals surface area contributed by atoms with Gasteiger partial charge in [-0.15, -0.1) is 0 Å². The summed E-state index contributed by atoms with van der Waals surface area (Å²) in [5, 5.41) is 9.85. The van der Waals surface area contributed by atoms with E-state index >= 15 is 0 Å². The van der Waals surface area contributed by atoms with E-state index in [2.05, 4.69) is 19.9 Å². The molecule has 0 saturated heterocycles. The lowest BCUT2D eigenvalue weighted by atomic mass is 10.2. The number of carbonyl (C=O) groups is 1. The molecule has 19 heavy (non-hydrogen) atoms. The minimum Gasteiger partial charge on any atom is -0.363 e. The van der Waals surface area contributed by atoms with Crippen molar-refractivity contribution in [3.05, 3.63) is 36.0 Å². The zero-order valence-corrected chi connectivity index (χ0v) is 9.55. The van der Waals surface area contributed by atoms with Crippen molar-refractivity contribution < 1.29 is 22.5 Å². The molecule has 2 aromatic heterocycles. The number of halogens is 3. The van der Waals surface area contributed by atoms with Gasteiger partial charge in [0.2, 0.25) is 0 Å². The molecule has 6 nitrogen and oxygen atoms in total. The predicted molar refractivity (Wildman–Crippen MR) is 56.3 cm³/mol. The van der Waals surface area contributed by atoms with Gasteiger partial charge >= 0.3 is 6.18 Å². The first kappa shape index (κ1) is 13.0. The Morgan fingerprint density at radius 2 is 2.11 bits per heavy atom. The summed E-state index contributed by atoms with van der Waals surface area (Å²) in [4.78, 5) is 12.9. The Bertz CT molecular complexity index is 582. The van der Waals surface area contributed by atoms with Crippen LogP contribution in [-0.2, 0) is 6.18 Å². The van der Waals surface area contributed by atoms with Gasteiger partial charge in [0.1, 0.15) is 11.8 Å². The van der Waals surface area contributed by atoms with Gasteiger partial charge in [-0.2, -0.15) is 23.4 Å². The Labute approximate surface area is 104 Å². The molecule has 0 saturated carbocycles. The van der Waals surface area contributed by atoms with Crippen molar-refractivity contribution >= 4 is 11.6 Å². The number of hydrogen-bond donors (Lipinski definition) is 0. The lowest BCUT2D eigenvalue weighted by Gasteiger charge is -2.16. The van der Waals surface area contributed by atoms with Crippen LogP contribution < -0.4 is 4.90 Å². The SMILES string of the molecule is CN(C(=O)c1conc1C(F)(F)F)c1ccnnc1.